The lowest BCUT2D eigenvalue weighted by molar-refractivity contribution is -0.121. The van der Waals surface area contributed by atoms with E-state index in [9.17, 15) is 14.4 Å². The summed E-state index contributed by atoms with van der Waals surface area (Å²) in [6.45, 7) is 3.23. The number of ketones is 1. The van der Waals surface area contributed by atoms with Crippen molar-refractivity contribution in [2.75, 3.05) is 12.4 Å². The van der Waals surface area contributed by atoms with E-state index < -0.39 is 5.97 Å². The van der Waals surface area contributed by atoms with E-state index in [0.29, 0.717) is 10.6 Å². The Balaban J connectivity index is 2.77. The fraction of sp³-hybridized carbons (Fsp3) is 0.417. The summed E-state index contributed by atoms with van der Waals surface area (Å²) in [5, 5.41) is 4.42. The number of hydrogen-bond acceptors (Lipinski definition) is 5. The smallest absolute Gasteiger partial charge is 0.350 e. The average Bonchev–Trinajstić information content (AvgIpc) is 2.68. The molecule has 0 fully saturated rings. The van der Waals surface area contributed by atoms with Crippen molar-refractivity contribution in [3.05, 3.63) is 15.8 Å². The largest absolute Gasteiger partial charge is 0.465 e. The Morgan fingerprint density at radius 3 is 2.56 bits per heavy atom. The van der Waals surface area contributed by atoms with Gasteiger partial charge in [-0.25, -0.2) is 4.79 Å². The van der Waals surface area contributed by atoms with Crippen molar-refractivity contribution < 1.29 is 19.1 Å². The van der Waals surface area contributed by atoms with Gasteiger partial charge in [0, 0.05) is 12.8 Å². The number of thiophene rings is 1. The van der Waals surface area contributed by atoms with Gasteiger partial charge in [0.1, 0.15) is 10.7 Å². The van der Waals surface area contributed by atoms with Gasteiger partial charge in [0.2, 0.25) is 5.91 Å². The lowest BCUT2D eigenvalue weighted by atomic mass is 10.2. The zero-order valence-corrected chi connectivity index (χ0v) is 11.3. The molecule has 0 aliphatic carbocycles. The number of rotatable bonds is 5. The van der Waals surface area contributed by atoms with E-state index >= 15 is 0 Å². The lowest BCUT2D eigenvalue weighted by Crippen LogP contribution is -2.15. The molecular formula is C12H15NO4S. The number of carbonyl (C=O) groups is 3. The summed E-state index contributed by atoms with van der Waals surface area (Å²) in [6, 6.07) is 0. The van der Waals surface area contributed by atoms with Crippen LogP contribution in [0.1, 0.15) is 35.0 Å². The number of hydrogen-bond donors (Lipinski definition) is 1. The SMILES string of the molecule is COC(=O)c1scc(C)c1NC(=O)CCC(C)=O. The number of methoxy groups -OCH3 is 1. The highest BCUT2D eigenvalue weighted by molar-refractivity contribution is 7.12. The topological polar surface area (TPSA) is 72.5 Å². The van der Waals surface area contributed by atoms with Crippen LogP contribution < -0.4 is 5.32 Å². The molecule has 1 heterocycles. The number of aryl methyl sites for hydroxylation is 1. The van der Waals surface area contributed by atoms with Gasteiger partial charge in [-0.1, -0.05) is 0 Å². The summed E-state index contributed by atoms with van der Waals surface area (Å²) in [6.07, 6.45) is 0.313. The second-order valence-corrected chi connectivity index (χ2v) is 4.74. The Hall–Kier alpha value is -1.69. The highest BCUT2D eigenvalue weighted by Gasteiger charge is 2.18. The first-order chi connectivity index (χ1) is 8.45. The first kappa shape index (κ1) is 14.4. The molecule has 0 aliphatic rings. The minimum absolute atomic E-state index is 0.0413. The van der Waals surface area contributed by atoms with E-state index in [0.717, 1.165) is 5.56 Å². The summed E-state index contributed by atoms with van der Waals surface area (Å²) >= 11 is 1.22. The Kier molecular flexibility index (Phi) is 5.03. The van der Waals surface area contributed by atoms with Gasteiger partial charge in [0.05, 0.1) is 12.8 Å². The van der Waals surface area contributed by atoms with Gasteiger partial charge < -0.3 is 14.8 Å². The molecule has 1 N–H and O–H groups in total. The van der Waals surface area contributed by atoms with Gasteiger partial charge in [-0.2, -0.15) is 0 Å². The quantitative estimate of drug-likeness (QED) is 0.831. The maximum Gasteiger partial charge on any atom is 0.350 e. The van der Waals surface area contributed by atoms with Crippen LogP contribution in [0.4, 0.5) is 5.69 Å². The molecule has 0 saturated carbocycles. The second kappa shape index (κ2) is 6.30. The second-order valence-electron chi connectivity index (χ2n) is 3.86. The van der Waals surface area contributed by atoms with Gasteiger partial charge in [0.15, 0.2) is 0 Å². The van der Waals surface area contributed by atoms with Crippen molar-refractivity contribution in [1.82, 2.24) is 0 Å². The molecule has 1 rings (SSSR count). The first-order valence-electron chi connectivity index (χ1n) is 5.41. The van der Waals surface area contributed by atoms with Gasteiger partial charge >= 0.3 is 5.97 Å². The third-order valence-electron chi connectivity index (χ3n) is 2.31. The molecule has 6 heteroatoms. The zero-order chi connectivity index (χ0) is 13.7. The minimum atomic E-state index is -0.477. The monoisotopic (exact) mass is 269 g/mol. The van der Waals surface area contributed by atoms with Crippen molar-refractivity contribution >= 4 is 34.7 Å². The van der Waals surface area contributed by atoms with E-state index in [1.165, 1.54) is 25.4 Å². The predicted molar refractivity (Wildman–Crippen MR) is 68.9 cm³/mol. The molecular weight excluding hydrogens is 254 g/mol. The molecule has 18 heavy (non-hydrogen) atoms. The van der Waals surface area contributed by atoms with Crippen molar-refractivity contribution in [1.29, 1.82) is 0 Å². The summed E-state index contributed by atoms with van der Waals surface area (Å²) in [4.78, 5) is 34.3. The maximum atomic E-state index is 11.6. The van der Waals surface area contributed by atoms with Crippen LogP contribution in [0, 0.1) is 6.92 Å². The average molecular weight is 269 g/mol. The van der Waals surface area contributed by atoms with Crippen LogP contribution >= 0.6 is 11.3 Å². The molecule has 0 radical (unpaired) electrons. The van der Waals surface area contributed by atoms with E-state index in [4.69, 9.17) is 0 Å². The highest BCUT2D eigenvalue weighted by Crippen LogP contribution is 2.28. The fourth-order valence-electron chi connectivity index (χ4n) is 1.33. The van der Waals surface area contributed by atoms with E-state index in [-0.39, 0.29) is 24.5 Å². The Morgan fingerprint density at radius 2 is 2.00 bits per heavy atom. The Morgan fingerprint density at radius 1 is 1.33 bits per heavy atom. The molecule has 1 aromatic rings. The van der Waals surface area contributed by atoms with Gasteiger partial charge in [-0.3, -0.25) is 4.79 Å². The first-order valence-corrected chi connectivity index (χ1v) is 6.29. The van der Waals surface area contributed by atoms with Crippen LogP contribution in [-0.2, 0) is 14.3 Å². The molecule has 0 atom stereocenters. The summed E-state index contributed by atoms with van der Waals surface area (Å²) in [5.41, 5.74) is 1.27. The normalized spacial score (nSPS) is 9.94. The number of anilines is 1. The number of ether oxygens (including phenoxy) is 1. The maximum absolute atomic E-state index is 11.6. The molecule has 0 unspecified atom stereocenters. The molecule has 0 spiro atoms. The van der Waals surface area contributed by atoms with E-state index in [1.54, 1.807) is 12.3 Å². The van der Waals surface area contributed by atoms with Crippen LogP contribution in [-0.4, -0.2) is 24.8 Å². The highest BCUT2D eigenvalue weighted by atomic mass is 32.1. The number of amides is 1. The summed E-state index contributed by atoms with van der Waals surface area (Å²) in [5.74, 6) is -0.799. The van der Waals surface area contributed by atoms with Crippen LogP contribution in [0.25, 0.3) is 0 Å². The van der Waals surface area contributed by atoms with Gasteiger partial charge in [-0.15, -0.1) is 11.3 Å². The fourth-order valence-corrected chi connectivity index (χ4v) is 2.26. The van der Waals surface area contributed by atoms with Crippen molar-refractivity contribution in [3.63, 3.8) is 0 Å². The van der Waals surface area contributed by atoms with Crippen LogP contribution in [0.5, 0.6) is 0 Å². The molecule has 0 aliphatic heterocycles. The predicted octanol–water partition coefficient (Wildman–Crippen LogP) is 2.15. The molecule has 0 saturated heterocycles. The number of Topliss-reactive ketones (excluding diaryl/α,β-unsaturated/α-hetero) is 1. The Bertz CT molecular complexity index is 478. The number of carbonyl (C=O) groups excluding carboxylic acids is 3. The third kappa shape index (κ3) is 3.66. The molecule has 5 nitrogen and oxygen atoms in total. The number of nitrogens with one attached hydrogen (secondary N) is 1. The van der Waals surface area contributed by atoms with Gasteiger partial charge in [0.25, 0.3) is 0 Å². The zero-order valence-electron chi connectivity index (χ0n) is 10.5. The third-order valence-corrected chi connectivity index (χ3v) is 3.39. The van der Waals surface area contributed by atoms with Crippen molar-refractivity contribution in [3.8, 4) is 0 Å². The summed E-state index contributed by atoms with van der Waals surface area (Å²) < 4.78 is 4.64. The minimum Gasteiger partial charge on any atom is -0.465 e. The van der Waals surface area contributed by atoms with E-state index in [1.807, 2.05) is 0 Å². The summed E-state index contributed by atoms with van der Waals surface area (Å²) in [7, 11) is 1.29. The van der Waals surface area contributed by atoms with Gasteiger partial charge in [-0.05, 0) is 24.8 Å². The van der Waals surface area contributed by atoms with Crippen molar-refractivity contribution in [2.45, 2.75) is 26.7 Å². The van der Waals surface area contributed by atoms with E-state index in [2.05, 4.69) is 10.1 Å². The number of esters is 1. The van der Waals surface area contributed by atoms with Crippen molar-refractivity contribution in [2.24, 2.45) is 0 Å². The van der Waals surface area contributed by atoms with Crippen LogP contribution in [0.3, 0.4) is 0 Å². The van der Waals surface area contributed by atoms with Crippen LogP contribution in [0.2, 0.25) is 0 Å². The molecule has 1 aromatic heterocycles. The molecule has 0 aromatic carbocycles. The Labute approximate surface area is 109 Å². The van der Waals surface area contributed by atoms with Crippen LogP contribution in [0.15, 0.2) is 5.38 Å². The molecule has 98 valence electrons. The molecule has 1 amide bonds. The standard InChI is InChI=1S/C12H15NO4S/c1-7-6-18-11(12(16)17-3)10(7)13-9(15)5-4-8(2)14/h6H,4-5H2,1-3H3,(H,13,15). The molecule has 0 bridgehead atoms. The lowest BCUT2D eigenvalue weighted by Gasteiger charge is -2.06.